The van der Waals surface area contributed by atoms with Gasteiger partial charge in [-0.15, -0.1) is 11.3 Å². The summed E-state index contributed by atoms with van der Waals surface area (Å²) in [6, 6.07) is 10.9. The molecule has 0 bridgehead atoms. The fourth-order valence-electron chi connectivity index (χ4n) is 2.65. The van der Waals surface area contributed by atoms with Gasteiger partial charge in [-0.2, -0.15) is 0 Å². The standard InChI is InChI=1S/C21H22N2O6S2/c1-4-28-17-9-14(20(24)23-21-22-15(12-27-2)13-30-21)10-18(11-17)29-16-5-7-19(8-6-16)31(3,25)26/h5-11,13H,4,12H2,1-3H3,(H,22,23,24). The predicted octanol–water partition coefficient (Wildman–Crippen LogP) is 4.14. The van der Waals surface area contributed by atoms with Crippen LogP contribution in [-0.4, -0.2) is 39.3 Å². The van der Waals surface area contributed by atoms with Crippen LogP contribution < -0.4 is 14.8 Å². The zero-order valence-corrected chi connectivity index (χ0v) is 18.9. The summed E-state index contributed by atoms with van der Waals surface area (Å²) in [7, 11) is -1.72. The maximum absolute atomic E-state index is 12.7. The molecule has 0 radical (unpaired) electrons. The van der Waals surface area contributed by atoms with Crippen molar-refractivity contribution >= 4 is 32.2 Å². The van der Waals surface area contributed by atoms with Crippen molar-refractivity contribution in [3.8, 4) is 17.2 Å². The molecule has 10 heteroatoms. The molecule has 3 rings (SSSR count). The van der Waals surface area contributed by atoms with Crippen LogP contribution in [0.3, 0.4) is 0 Å². The molecule has 0 spiro atoms. The molecule has 0 saturated heterocycles. The molecule has 8 nitrogen and oxygen atoms in total. The Morgan fingerprint density at radius 1 is 1.10 bits per heavy atom. The van der Waals surface area contributed by atoms with Crippen molar-refractivity contribution in [2.24, 2.45) is 0 Å². The molecule has 3 aromatic rings. The van der Waals surface area contributed by atoms with Crippen molar-refractivity contribution in [1.82, 2.24) is 4.98 Å². The van der Waals surface area contributed by atoms with Crippen LogP contribution in [0, 0.1) is 0 Å². The summed E-state index contributed by atoms with van der Waals surface area (Å²) in [5, 5.41) is 5.02. The number of rotatable bonds is 9. The van der Waals surface area contributed by atoms with Crippen LogP contribution in [0.15, 0.2) is 52.7 Å². The molecule has 0 aliphatic carbocycles. The van der Waals surface area contributed by atoms with Gasteiger partial charge < -0.3 is 14.2 Å². The maximum Gasteiger partial charge on any atom is 0.257 e. The number of ether oxygens (including phenoxy) is 3. The molecule has 164 valence electrons. The zero-order chi connectivity index (χ0) is 22.4. The molecular formula is C21H22N2O6S2. The van der Waals surface area contributed by atoms with Crippen LogP contribution in [-0.2, 0) is 21.2 Å². The van der Waals surface area contributed by atoms with Crippen LogP contribution >= 0.6 is 11.3 Å². The smallest absolute Gasteiger partial charge is 0.257 e. The number of aromatic nitrogens is 1. The first-order chi connectivity index (χ1) is 14.8. The van der Waals surface area contributed by atoms with E-state index >= 15 is 0 Å². The number of thiazole rings is 1. The van der Waals surface area contributed by atoms with Gasteiger partial charge in [0.25, 0.3) is 5.91 Å². The minimum atomic E-state index is -3.30. The summed E-state index contributed by atoms with van der Waals surface area (Å²) >= 11 is 1.30. The van der Waals surface area contributed by atoms with Gasteiger partial charge in [-0.1, -0.05) is 0 Å². The highest BCUT2D eigenvalue weighted by atomic mass is 32.2. The van der Waals surface area contributed by atoms with Crippen molar-refractivity contribution in [3.63, 3.8) is 0 Å². The van der Waals surface area contributed by atoms with E-state index in [0.29, 0.717) is 41.2 Å². The molecule has 0 atom stereocenters. The average Bonchev–Trinajstić information content (AvgIpc) is 3.15. The molecule has 31 heavy (non-hydrogen) atoms. The summed E-state index contributed by atoms with van der Waals surface area (Å²) in [6.07, 6.45) is 1.14. The van der Waals surface area contributed by atoms with Crippen LogP contribution in [0.4, 0.5) is 5.13 Å². The molecular weight excluding hydrogens is 440 g/mol. The fraction of sp³-hybridized carbons (Fsp3) is 0.238. The average molecular weight is 463 g/mol. The van der Waals surface area contributed by atoms with E-state index in [2.05, 4.69) is 10.3 Å². The van der Waals surface area contributed by atoms with Gasteiger partial charge in [-0.05, 0) is 43.3 Å². The van der Waals surface area contributed by atoms with Crippen LogP contribution in [0.25, 0.3) is 0 Å². The highest BCUT2D eigenvalue weighted by Gasteiger charge is 2.14. The van der Waals surface area contributed by atoms with Crippen molar-refractivity contribution in [3.05, 3.63) is 59.1 Å². The normalized spacial score (nSPS) is 11.2. The van der Waals surface area contributed by atoms with E-state index in [1.54, 1.807) is 37.4 Å². The molecule has 0 fully saturated rings. The van der Waals surface area contributed by atoms with E-state index in [-0.39, 0.29) is 10.8 Å². The number of carbonyl (C=O) groups is 1. The SMILES string of the molecule is CCOc1cc(Oc2ccc(S(C)(=O)=O)cc2)cc(C(=O)Nc2nc(COC)cs2)c1. The Bertz CT molecular complexity index is 1160. The largest absolute Gasteiger partial charge is 0.494 e. The first-order valence-corrected chi connectivity index (χ1v) is 12.1. The summed E-state index contributed by atoms with van der Waals surface area (Å²) in [5.41, 5.74) is 1.06. The Hall–Kier alpha value is -2.95. The Morgan fingerprint density at radius 3 is 2.45 bits per heavy atom. The lowest BCUT2D eigenvalue weighted by Crippen LogP contribution is -2.12. The number of nitrogens with zero attached hydrogens (tertiary/aromatic N) is 1. The number of amides is 1. The Labute approximate surface area is 184 Å². The van der Waals surface area contributed by atoms with Gasteiger partial charge in [0, 0.05) is 30.4 Å². The number of hydrogen-bond donors (Lipinski definition) is 1. The Morgan fingerprint density at radius 2 is 1.81 bits per heavy atom. The fourth-order valence-corrected chi connectivity index (χ4v) is 3.97. The van der Waals surface area contributed by atoms with Crippen molar-refractivity contribution in [2.45, 2.75) is 18.4 Å². The van der Waals surface area contributed by atoms with Gasteiger partial charge in [-0.3, -0.25) is 10.1 Å². The van der Waals surface area contributed by atoms with Crippen LogP contribution in [0.5, 0.6) is 17.2 Å². The highest BCUT2D eigenvalue weighted by Crippen LogP contribution is 2.29. The highest BCUT2D eigenvalue weighted by molar-refractivity contribution is 7.90. The Kier molecular flexibility index (Phi) is 7.26. The third kappa shape index (κ3) is 6.27. The molecule has 1 heterocycles. The van der Waals surface area contributed by atoms with Crippen molar-refractivity contribution in [2.75, 3.05) is 25.3 Å². The van der Waals surface area contributed by atoms with E-state index in [1.807, 2.05) is 12.3 Å². The van der Waals surface area contributed by atoms with E-state index < -0.39 is 9.84 Å². The zero-order valence-electron chi connectivity index (χ0n) is 17.2. The van der Waals surface area contributed by atoms with Crippen LogP contribution in [0.1, 0.15) is 23.0 Å². The lowest BCUT2D eigenvalue weighted by molar-refractivity contribution is 0.102. The minimum Gasteiger partial charge on any atom is -0.494 e. The van der Waals surface area contributed by atoms with Gasteiger partial charge in [0.2, 0.25) is 0 Å². The lowest BCUT2D eigenvalue weighted by Gasteiger charge is -2.11. The third-order valence-electron chi connectivity index (χ3n) is 4.01. The van der Waals surface area contributed by atoms with Gasteiger partial charge in [0.05, 0.1) is 23.8 Å². The predicted molar refractivity (Wildman–Crippen MR) is 118 cm³/mol. The number of anilines is 1. The van der Waals surface area contributed by atoms with Crippen molar-refractivity contribution < 1.29 is 27.4 Å². The summed E-state index contributed by atoms with van der Waals surface area (Å²) < 4.78 is 39.6. The van der Waals surface area contributed by atoms with Crippen molar-refractivity contribution in [1.29, 1.82) is 0 Å². The number of hydrogen-bond acceptors (Lipinski definition) is 8. The molecule has 1 amide bonds. The molecule has 0 aliphatic heterocycles. The second-order valence-electron chi connectivity index (χ2n) is 6.50. The molecule has 0 unspecified atom stereocenters. The van der Waals surface area contributed by atoms with Gasteiger partial charge in [0.1, 0.15) is 17.2 Å². The number of sulfone groups is 1. The van der Waals surface area contributed by atoms with E-state index in [9.17, 15) is 13.2 Å². The first kappa shape index (κ1) is 22.7. The number of methoxy groups -OCH3 is 1. The monoisotopic (exact) mass is 462 g/mol. The second-order valence-corrected chi connectivity index (χ2v) is 9.38. The number of nitrogens with one attached hydrogen (secondary N) is 1. The van der Waals surface area contributed by atoms with Gasteiger partial charge in [-0.25, -0.2) is 13.4 Å². The molecule has 0 saturated carbocycles. The third-order valence-corrected chi connectivity index (χ3v) is 5.94. The van der Waals surface area contributed by atoms with E-state index in [4.69, 9.17) is 14.2 Å². The summed E-state index contributed by atoms with van der Waals surface area (Å²) in [5.74, 6) is 0.910. The lowest BCUT2D eigenvalue weighted by atomic mass is 10.2. The van der Waals surface area contributed by atoms with E-state index in [1.165, 1.54) is 23.5 Å². The number of carbonyl (C=O) groups excluding carboxylic acids is 1. The van der Waals surface area contributed by atoms with Gasteiger partial charge in [0.15, 0.2) is 15.0 Å². The molecule has 0 aliphatic rings. The summed E-state index contributed by atoms with van der Waals surface area (Å²) in [6.45, 7) is 2.62. The maximum atomic E-state index is 12.7. The van der Waals surface area contributed by atoms with Gasteiger partial charge >= 0.3 is 0 Å². The summed E-state index contributed by atoms with van der Waals surface area (Å²) in [4.78, 5) is 17.2. The minimum absolute atomic E-state index is 0.194. The first-order valence-electron chi connectivity index (χ1n) is 9.29. The topological polar surface area (TPSA) is 104 Å². The molecule has 1 N–H and O–H groups in total. The van der Waals surface area contributed by atoms with E-state index in [0.717, 1.165) is 11.9 Å². The Balaban J connectivity index is 1.81. The molecule has 2 aromatic carbocycles. The van der Waals surface area contributed by atoms with Crippen LogP contribution in [0.2, 0.25) is 0 Å². The molecule has 1 aromatic heterocycles. The quantitative estimate of drug-likeness (QED) is 0.510. The number of benzene rings is 2. The second kappa shape index (κ2) is 9.90.